The summed E-state index contributed by atoms with van der Waals surface area (Å²) in [4.78, 5) is 2.12. The van der Waals surface area contributed by atoms with Crippen molar-refractivity contribution in [3.8, 4) is 5.75 Å². The van der Waals surface area contributed by atoms with Gasteiger partial charge in [0.1, 0.15) is 11.6 Å². The molecule has 0 aliphatic heterocycles. The van der Waals surface area contributed by atoms with Crippen LogP contribution < -0.4 is 10.5 Å². The third-order valence-corrected chi connectivity index (χ3v) is 3.16. The predicted octanol–water partition coefficient (Wildman–Crippen LogP) is 1.76. The molecular weight excluding hydrogens is 219 g/mol. The topological polar surface area (TPSA) is 38.5 Å². The number of benzene rings is 1. The summed E-state index contributed by atoms with van der Waals surface area (Å²) in [5, 5.41) is 0. The Labute approximate surface area is 101 Å². The van der Waals surface area contributed by atoms with Crippen molar-refractivity contribution in [3.05, 3.63) is 29.6 Å². The third kappa shape index (κ3) is 3.17. The molecule has 1 aliphatic carbocycles. The standard InChI is InChI=1S/C13H19FN2O/c1-16(9-13(15)5-6-13)8-10-7-11(14)3-4-12(10)17-2/h3-4,7H,5-6,8-9,15H2,1-2H3. The van der Waals surface area contributed by atoms with Crippen molar-refractivity contribution < 1.29 is 9.13 Å². The van der Waals surface area contributed by atoms with Crippen LogP contribution in [0.5, 0.6) is 5.75 Å². The lowest BCUT2D eigenvalue weighted by molar-refractivity contribution is 0.289. The Morgan fingerprint density at radius 3 is 2.76 bits per heavy atom. The smallest absolute Gasteiger partial charge is 0.123 e. The van der Waals surface area contributed by atoms with Crippen LogP contribution in [-0.4, -0.2) is 31.1 Å². The number of hydrogen-bond acceptors (Lipinski definition) is 3. The molecule has 4 heteroatoms. The molecule has 1 aromatic rings. The molecule has 3 nitrogen and oxygen atoms in total. The second-order valence-electron chi connectivity index (χ2n) is 4.99. The summed E-state index contributed by atoms with van der Waals surface area (Å²) in [6.45, 7) is 1.49. The molecule has 0 unspecified atom stereocenters. The van der Waals surface area contributed by atoms with Gasteiger partial charge in [-0.1, -0.05) is 0 Å². The van der Waals surface area contributed by atoms with Crippen molar-refractivity contribution in [2.45, 2.75) is 24.9 Å². The Morgan fingerprint density at radius 2 is 2.18 bits per heavy atom. The van der Waals surface area contributed by atoms with E-state index in [-0.39, 0.29) is 11.4 Å². The minimum Gasteiger partial charge on any atom is -0.496 e. The van der Waals surface area contributed by atoms with Gasteiger partial charge in [0.2, 0.25) is 0 Å². The number of nitrogens with two attached hydrogens (primary N) is 1. The number of nitrogens with zero attached hydrogens (tertiary/aromatic N) is 1. The maximum absolute atomic E-state index is 13.2. The molecule has 1 fully saturated rings. The van der Waals surface area contributed by atoms with Crippen molar-refractivity contribution in [1.82, 2.24) is 4.90 Å². The molecule has 2 N–H and O–H groups in total. The summed E-state index contributed by atoms with van der Waals surface area (Å²) in [6.07, 6.45) is 2.16. The van der Waals surface area contributed by atoms with Gasteiger partial charge in [-0.05, 0) is 38.1 Å². The number of halogens is 1. The normalized spacial score (nSPS) is 17.2. The van der Waals surface area contributed by atoms with Crippen molar-refractivity contribution in [2.75, 3.05) is 20.7 Å². The van der Waals surface area contributed by atoms with Gasteiger partial charge in [-0.2, -0.15) is 0 Å². The van der Waals surface area contributed by atoms with E-state index in [4.69, 9.17) is 10.5 Å². The van der Waals surface area contributed by atoms with E-state index in [0.717, 1.165) is 30.7 Å². The zero-order chi connectivity index (χ0) is 12.5. The molecule has 17 heavy (non-hydrogen) atoms. The van der Waals surface area contributed by atoms with Crippen molar-refractivity contribution in [1.29, 1.82) is 0 Å². The second-order valence-corrected chi connectivity index (χ2v) is 4.99. The molecule has 0 spiro atoms. The number of hydrogen-bond donors (Lipinski definition) is 1. The summed E-state index contributed by atoms with van der Waals surface area (Å²) in [6, 6.07) is 4.59. The summed E-state index contributed by atoms with van der Waals surface area (Å²) < 4.78 is 18.4. The van der Waals surface area contributed by atoms with Gasteiger partial charge in [-0.15, -0.1) is 0 Å². The largest absolute Gasteiger partial charge is 0.496 e. The molecule has 94 valence electrons. The average Bonchev–Trinajstić information content (AvgIpc) is 2.96. The maximum Gasteiger partial charge on any atom is 0.123 e. The predicted molar refractivity (Wildman–Crippen MR) is 65.4 cm³/mol. The number of ether oxygens (including phenoxy) is 1. The van der Waals surface area contributed by atoms with Gasteiger partial charge in [-0.3, -0.25) is 0 Å². The van der Waals surface area contributed by atoms with E-state index in [1.807, 2.05) is 7.05 Å². The number of rotatable bonds is 5. The molecule has 0 atom stereocenters. The highest BCUT2D eigenvalue weighted by atomic mass is 19.1. The molecule has 0 amide bonds. The van der Waals surface area contributed by atoms with E-state index in [1.165, 1.54) is 12.1 Å². The second kappa shape index (κ2) is 4.63. The fraction of sp³-hybridized carbons (Fsp3) is 0.538. The van der Waals surface area contributed by atoms with Crippen LogP contribution in [-0.2, 0) is 6.54 Å². The lowest BCUT2D eigenvalue weighted by Gasteiger charge is -2.21. The molecule has 2 rings (SSSR count). The first kappa shape index (κ1) is 12.3. The van der Waals surface area contributed by atoms with E-state index < -0.39 is 0 Å². The fourth-order valence-corrected chi connectivity index (χ4v) is 2.07. The highest BCUT2D eigenvalue weighted by molar-refractivity contribution is 5.33. The van der Waals surface area contributed by atoms with E-state index in [2.05, 4.69) is 4.90 Å². The van der Waals surface area contributed by atoms with Crippen LogP contribution in [0.25, 0.3) is 0 Å². The quantitative estimate of drug-likeness (QED) is 0.849. The van der Waals surface area contributed by atoms with Crippen molar-refractivity contribution in [3.63, 3.8) is 0 Å². The average molecular weight is 238 g/mol. The van der Waals surface area contributed by atoms with E-state index >= 15 is 0 Å². The molecule has 0 saturated heterocycles. The van der Waals surface area contributed by atoms with Crippen LogP contribution in [0.1, 0.15) is 18.4 Å². The van der Waals surface area contributed by atoms with Crippen LogP contribution in [0.2, 0.25) is 0 Å². The van der Waals surface area contributed by atoms with Crippen LogP contribution in [0.4, 0.5) is 4.39 Å². The first-order valence-electron chi connectivity index (χ1n) is 5.82. The zero-order valence-corrected chi connectivity index (χ0v) is 10.4. The third-order valence-electron chi connectivity index (χ3n) is 3.16. The number of methoxy groups -OCH3 is 1. The SMILES string of the molecule is COc1ccc(F)cc1CN(C)CC1(N)CC1. The van der Waals surface area contributed by atoms with Crippen LogP contribution in [0.3, 0.4) is 0 Å². The fourth-order valence-electron chi connectivity index (χ4n) is 2.07. The van der Waals surface area contributed by atoms with E-state index in [0.29, 0.717) is 6.54 Å². The molecule has 0 radical (unpaired) electrons. The van der Waals surface area contributed by atoms with Crippen molar-refractivity contribution in [2.24, 2.45) is 5.73 Å². The van der Waals surface area contributed by atoms with E-state index in [1.54, 1.807) is 13.2 Å². The Bertz CT molecular complexity index is 404. The molecule has 0 bridgehead atoms. The Kier molecular flexibility index (Phi) is 3.35. The highest BCUT2D eigenvalue weighted by Gasteiger charge is 2.38. The minimum absolute atomic E-state index is 0.0185. The summed E-state index contributed by atoms with van der Waals surface area (Å²) in [7, 11) is 3.60. The minimum atomic E-state index is -0.233. The van der Waals surface area contributed by atoms with Gasteiger partial charge in [0, 0.05) is 24.2 Å². The summed E-state index contributed by atoms with van der Waals surface area (Å²) in [5.41, 5.74) is 6.90. The van der Waals surface area contributed by atoms with Gasteiger partial charge < -0.3 is 15.4 Å². The Morgan fingerprint density at radius 1 is 1.47 bits per heavy atom. The number of likely N-dealkylation sites (N-methyl/N-ethyl adjacent to an activating group) is 1. The molecule has 0 aromatic heterocycles. The molecule has 1 aromatic carbocycles. The highest BCUT2D eigenvalue weighted by Crippen LogP contribution is 2.33. The Hall–Kier alpha value is -1.13. The molecule has 1 aliphatic rings. The molecular formula is C13H19FN2O. The maximum atomic E-state index is 13.2. The summed E-state index contributed by atoms with van der Waals surface area (Å²) in [5.74, 6) is 0.489. The van der Waals surface area contributed by atoms with Crippen LogP contribution in [0, 0.1) is 5.82 Å². The summed E-state index contributed by atoms with van der Waals surface area (Å²) >= 11 is 0. The van der Waals surface area contributed by atoms with Gasteiger partial charge in [0.05, 0.1) is 7.11 Å². The first-order valence-corrected chi connectivity index (χ1v) is 5.82. The molecule has 1 saturated carbocycles. The van der Waals surface area contributed by atoms with Gasteiger partial charge in [-0.25, -0.2) is 4.39 Å². The van der Waals surface area contributed by atoms with Gasteiger partial charge >= 0.3 is 0 Å². The van der Waals surface area contributed by atoms with Crippen molar-refractivity contribution >= 4 is 0 Å². The van der Waals surface area contributed by atoms with E-state index in [9.17, 15) is 4.39 Å². The monoisotopic (exact) mass is 238 g/mol. The lowest BCUT2D eigenvalue weighted by Crippen LogP contribution is -2.36. The zero-order valence-electron chi connectivity index (χ0n) is 10.4. The van der Waals surface area contributed by atoms with Crippen LogP contribution >= 0.6 is 0 Å². The van der Waals surface area contributed by atoms with Crippen LogP contribution in [0.15, 0.2) is 18.2 Å². The lowest BCUT2D eigenvalue weighted by atomic mass is 10.1. The van der Waals surface area contributed by atoms with Gasteiger partial charge in [0.15, 0.2) is 0 Å². The Balaban J connectivity index is 2.03. The molecule has 0 heterocycles. The van der Waals surface area contributed by atoms with Gasteiger partial charge in [0.25, 0.3) is 0 Å². The first-order chi connectivity index (χ1) is 8.02.